The van der Waals surface area contributed by atoms with Crippen LogP contribution in [0.5, 0.6) is 0 Å². The van der Waals surface area contributed by atoms with E-state index in [2.05, 4.69) is 0 Å². The molecule has 0 spiro atoms. The summed E-state index contributed by atoms with van der Waals surface area (Å²) < 4.78 is 13.6. The molecule has 0 aromatic heterocycles. The van der Waals surface area contributed by atoms with Crippen molar-refractivity contribution in [2.24, 2.45) is 0 Å². The van der Waals surface area contributed by atoms with E-state index in [0.29, 0.717) is 17.0 Å². The summed E-state index contributed by atoms with van der Waals surface area (Å²) in [7, 11) is 0. The standard InChI is InChI=1S/C13H16ClFOS/c14-10-4-3-5-11(15)9(10)8-12(16)13-6-1-2-7-17-13/h3-5,12-13,16H,1-2,6-8H2. The summed E-state index contributed by atoms with van der Waals surface area (Å²) in [6, 6.07) is 4.64. The molecular weight excluding hydrogens is 259 g/mol. The Kier molecular flexibility index (Phi) is 4.71. The molecular formula is C13H16ClFOS. The average Bonchev–Trinajstić information content (AvgIpc) is 2.35. The van der Waals surface area contributed by atoms with E-state index in [4.69, 9.17) is 11.6 Å². The van der Waals surface area contributed by atoms with E-state index >= 15 is 0 Å². The van der Waals surface area contributed by atoms with Crippen molar-refractivity contribution in [1.29, 1.82) is 0 Å². The molecule has 0 radical (unpaired) electrons. The van der Waals surface area contributed by atoms with Gasteiger partial charge in [-0.1, -0.05) is 24.1 Å². The van der Waals surface area contributed by atoms with E-state index in [1.165, 1.54) is 12.5 Å². The van der Waals surface area contributed by atoms with Crippen LogP contribution in [0.3, 0.4) is 0 Å². The Bertz CT molecular complexity index is 359. The normalized spacial score (nSPS) is 22.4. The van der Waals surface area contributed by atoms with E-state index in [0.717, 1.165) is 18.6 Å². The van der Waals surface area contributed by atoms with E-state index in [1.54, 1.807) is 23.9 Å². The van der Waals surface area contributed by atoms with Crippen molar-refractivity contribution in [3.05, 3.63) is 34.6 Å². The lowest BCUT2D eigenvalue weighted by Gasteiger charge is -2.26. The Morgan fingerprint density at radius 3 is 2.94 bits per heavy atom. The Morgan fingerprint density at radius 1 is 1.47 bits per heavy atom. The number of aliphatic hydroxyl groups excluding tert-OH is 1. The van der Waals surface area contributed by atoms with Crippen LogP contribution < -0.4 is 0 Å². The highest BCUT2D eigenvalue weighted by atomic mass is 35.5. The molecule has 17 heavy (non-hydrogen) atoms. The third kappa shape index (κ3) is 3.36. The summed E-state index contributed by atoms with van der Waals surface area (Å²) >= 11 is 7.74. The molecule has 1 aromatic carbocycles. The van der Waals surface area contributed by atoms with Gasteiger partial charge in [0.25, 0.3) is 0 Å². The number of benzene rings is 1. The highest BCUT2D eigenvalue weighted by Gasteiger charge is 2.24. The van der Waals surface area contributed by atoms with E-state index < -0.39 is 6.10 Å². The second kappa shape index (κ2) is 6.07. The van der Waals surface area contributed by atoms with Gasteiger partial charge in [-0.2, -0.15) is 11.8 Å². The van der Waals surface area contributed by atoms with Gasteiger partial charge in [0.05, 0.1) is 6.10 Å². The molecule has 1 fully saturated rings. The van der Waals surface area contributed by atoms with Crippen molar-refractivity contribution in [3.63, 3.8) is 0 Å². The Labute approximate surface area is 110 Å². The zero-order chi connectivity index (χ0) is 12.3. The molecule has 1 nitrogen and oxygen atoms in total. The summed E-state index contributed by atoms with van der Waals surface area (Å²) in [6.07, 6.45) is 3.18. The van der Waals surface area contributed by atoms with Crippen LogP contribution in [0.25, 0.3) is 0 Å². The number of hydrogen-bond acceptors (Lipinski definition) is 2. The van der Waals surface area contributed by atoms with Gasteiger partial charge in [-0.05, 0) is 30.7 Å². The minimum absolute atomic E-state index is 0.222. The van der Waals surface area contributed by atoms with Crippen LogP contribution in [0, 0.1) is 5.82 Å². The van der Waals surface area contributed by atoms with Crippen LogP contribution in [0.4, 0.5) is 4.39 Å². The fraction of sp³-hybridized carbons (Fsp3) is 0.538. The SMILES string of the molecule is OC(Cc1c(F)cccc1Cl)C1CCCCS1. The van der Waals surface area contributed by atoms with E-state index in [9.17, 15) is 9.50 Å². The van der Waals surface area contributed by atoms with Crippen LogP contribution >= 0.6 is 23.4 Å². The minimum Gasteiger partial charge on any atom is -0.392 e. The van der Waals surface area contributed by atoms with Crippen LogP contribution in [-0.4, -0.2) is 22.2 Å². The van der Waals surface area contributed by atoms with Crippen LogP contribution in [0.2, 0.25) is 5.02 Å². The van der Waals surface area contributed by atoms with Crippen molar-refractivity contribution in [3.8, 4) is 0 Å². The summed E-state index contributed by atoms with van der Waals surface area (Å²) in [4.78, 5) is 0. The molecule has 0 saturated carbocycles. The van der Waals surface area contributed by atoms with Gasteiger partial charge in [-0.25, -0.2) is 4.39 Å². The molecule has 94 valence electrons. The first-order valence-corrected chi connectivity index (χ1v) is 7.33. The molecule has 1 heterocycles. The lowest BCUT2D eigenvalue weighted by atomic mass is 10.0. The molecule has 4 heteroatoms. The topological polar surface area (TPSA) is 20.2 Å². The number of rotatable bonds is 3. The van der Waals surface area contributed by atoms with Crippen molar-refractivity contribution < 1.29 is 9.50 Å². The maximum Gasteiger partial charge on any atom is 0.127 e. The first-order chi connectivity index (χ1) is 8.18. The van der Waals surface area contributed by atoms with Gasteiger partial charge in [0.15, 0.2) is 0 Å². The largest absolute Gasteiger partial charge is 0.392 e. The molecule has 1 N–H and O–H groups in total. The molecule has 1 aliphatic heterocycles. The lowest BCUT2D eigenvalue weighted by Crippen LogP contribution is -2.28. The number of aliphatic hydroxyl groups is 1. The third-order valence-corrected chi connectivity index (χ3v) is 4.98. The van der Waals surface area contributed by atoms with Crippen molar-refractivity contribution >= 4 is 23.4 Å². The molecule has 1 saturated heterocycles. The number of hydrogen-bond donors (Lipinski definition) is 1. The average molecular weight is 275 g/mol. The van der Waals surface area contributed by atoms with Crippen molar-refractivity contribution in [1.82, 2.24) is 0 Å². The second-order valence-electron chi connectivity index (χ2n) is 4.38. The quantitative estimate of drug-likeness (QED) is 0.908. The Morgan fingerprint density at radius 2 is 2.29 bits per heavy atom. The summed E-state index contributed by atoms with van der Waals surface area (Å²) in [6.45, 7) is 0. The zero-order valence-electron chi connectivity index (χ0n) is 9.53. The molecule has 1 aliphatic rings. The predicted octanol–water partition coefficient (Wildman–Crippen LogP) is 3.67. The maximum absolute atomic E-state index is 13.6. The van der Waals surface area contributed by atoms with Crippen LogP contribution in [0.15, 0.2) is 18.2 Å². The minimum atomic E-state index is -0.505. The first-order valence-electron chi connectivity index (χ1n) is 5.91. The predicted molar refractivity (Wildman–Crippen MR) is 71.2 cm³/mol. The summed E-state index contributed by atoms with van der Waals surface area (Å²) in [5, 5.41) is 10.8. The van der Waals surface area contributed by atoms with Gasteiger partial charge in [-0.15, -0.1) is 0 Å². The zero-order valence-corrected chi connectivity index (χ0v) is 11.1. The van der Waals surface area contributed by atoms with Gasteiger partial charge >= 0.3 is 0 Å². The molecule has 2 unspecified atom stereocenters. The summed E-state index contributed by atoms with van der Waals surface area (Å²) in [5.41, 5.74) is 0.438. The lowest BCUT2D eigenvalue weighted by molar-refractivity contribution is 0.165. The first kappa shape index (κ1) is 13.2. The Hall–Kier alpha value is -0.250. The molecule has 0 amide bonds. The van der Waals surface area contributed by atoms with Gasteiger partial charge in [0, 0.05) is 22.3 Å². The summed E-state index contributed by atoms with van der Waals surface area (Å²) in [5.74, 6) is 0.768. The fourth-order valence-electron chi connectivity index (χ4n) is 2.14. The third-order valence-electron chi connectivity index (χ3n) is 3.12. The highest BCUT2D eigenvalue weighted by Crippen LogP contribution is 2.30. The molecule has 2 atom stereocenters. The fourth-order valence-corrected chi connectivity index (χ4v) is 3.70. The second-order valence-corrected chi connectivity index (χ2v) is 6.13. The number of thioether (sulfide) groups is 1. The van der Waals surface area contributed by atoms with Gasteiger partial charge in [0.1, 0.15) is 5.82 Å². The van der Waals surface area contributed by atoms with Crippen molar-refractivity contribution in [2.75, 3.05) is 5.75 Å². The van der Waals surface area contributed by atoms with E-state index in [-0.39, 0.29) is 11.1 Å². The molecule has 2 rings (SSSR count). The van der Waals surface area contributed by atoms with Gasteiger partial charge < -0.3 is 5.11 Å². The van der Waals surface area contributed by atoms with Crippen LogP contribution in [-0.2, 0) is 6.42 Å². The molecule has 0 bridgehead atoms. The highest BCUT2D eigenvalue weighted by molar-refractivity contribution is 8.00. The van der Waals surface area contributed by atoms with E-state index in [1.807, 2.05) is 0 Å². The van der Waals surface area contributed by atoms with Gasteiger partial charge in [0.2, 0.25) is 0 Å². The monoisotopic (exact) mass is 274 g/mol. The van der Waals surface area contributed by atoms with Crippen molar-refractivity contribution in [2.45, 2.75) is 37.0 Å². The maximum atomic E-state index is 13.6. The van der Waals surface area contributed by atoms with Gasteiger partial charge in [-0.3, -0.25) is 0 Å². The smallest absolute Gasteiger partial charge is 0.127 e. The van der Waals surface area contributed by atoms with Crippen LogP contribution in [0.1, 0.15) is 24.8 Å². The number of halogens is 2. The molecule has 1 aromatic rings. The Balaban J connectivity index is 2.04. The molecule has 0 aliphatic carbocycles.